The summed E-state index contributed by atoms with van der Waals surface area (Å²) in [6.07, 6.45) is 0. The predicted octanol–water partition coefficient (Wildman–Crippen LogP) is 3.44. The van der Waals surface area contributed by atoms with Crippen molar-refractivity contribution in [2.45, 2.75) is 29.7 Å². The highest BCUT2D eigenvalue weighted by Gasteiger charge is 0.567. The maximum absolute atomic E-state index is 5.75. The lowest BCUT2D eigenvalue weighted by atomic mass is 12.0. The van der Waals surface area contributed by atoms with Gasteiger partial charge in [0.15, 0.2) is 1.41 Å². The van der Waals surface area contributed by atoms with Gasteiger partial charge in [0.1, 0.15) is 0 Å². The second kappa shape index (κ2) is 8570. The lowest BCUT2D eigenvalue weighted by molar-refractivity contribution is 1.66. The Labute approximate surface area is 46.3 Å². The third-order valence-corrected chi connectivity index (χ3v) is 0. The summed E-state index contributed by atoms with van der Waals surface area (Å²) >= 11 is 0. The first-order chi connectivity index (χ1) is 1.41. The summed E-state index contributed by atoms with van der Waals surface area (Å²) in [6, 6.07) is 0. The third kappa shape index (κ3) is 3940. The van der Waals surface area contributed by atoms with Crippen molar-refractivity contribution in [3.05, 3.63) is 0 Å². The van der Waals surface area contributed by atoms with Crippen LogP contribution in [0.15, 0.2) is 0 Å². The topological polar surface area (TPSA) is 23.9 Å². The van der Waals surface area contributed by atoms with E-state index >= 15 is 0 Å². The van der Waals surface area contributed by atoms with Crippen LogP contribution in [0, 0.1) is 5.15 Å². The quantitative estimate of drug-likeness (QED) is 0.465. The van der Waals surface area contributed by atoms with Gasteiger partial charge in [0.05, 0.1) is 0 Å². The summed E-state index contributed by atoms with van der Waals surface area (Å²) in [5, 5.41) is 2.56. The third-order valence-electron chi connectivity index (χ3n) is 0. The highest BCUT2D eigenvalue weighted by molar-refractivity contribution is 7.02. The molecule has 44 valence electrons. The number of nitrogens with one attached hydrogen (secondary N) is 1. The first-order valence-electron chi connectivity index (χ1n) is 0.671. The van der Waals surface area contributed by atoms with Gasteiger partial charge in [-0.1, -0.05) is 29.7 Å². The molecule has 0 amide bonds. The van der Waals surface area contributed by atoms with Crippen LogP contribution in [0.3, 0.4) is 0 Å². The number of rotatable bonds is 0. The zero-order valence-electron chi connectivity index (χ0n) is 1.95. The van der Waals surface area contributed by atoms with Crippen LogP contribution in [0.2, 0.25) is 1.41 Å². The molecule has 0 aliphatic heterocycles. The molecular weight excluding hydrogens is 93.0 g/mol. The minimum absolute atomic E-state index is 0. The highest BCUT2D eigenvalue weighted by atomic mass is 31.0. The van der Waals surface area contributed by atoms with Gasteiger partial charge in [-0.2, -0.15) is 0 Å². The van der Waals surface area contributed by atoms with Crippen molar-refractivity contribution in [3.8, 4) is 0 Å². The number of hydrogen-bond acceptors (Lipinski definition) is 1. The average molecular weight is 113 g/mol. The van der Waals surface area contributed by atoms with Gasteiger partial charge in [-0.25, -0.2) is 0 Å². The summed E-state index contributed by atoms with van der Waals surface area (Å²) in [6.45, 7) is 0. The average Bonchev–Trinajstić information content (AvgIpc) is 0.918. The second-order valence-corrected chi connectivity index (χ2v) is 0. The molecule has 0 spiro atoms. The Hall–Kier alpha value is 0.100. The first kappa shape index (κ1) is 36.0. The molecule has 0 atom stereocenters. The predicted molar refractivity (Wildman–Crippen MR) is 38.0 cm³/mol. The summed E-state index contributed by atoms with van der Waals surface area (Å²) in [4.78, 5) is 0. The maximum Gasteiger partial charge on any atom is 0.192 e. The summed E-state index contributed by atoms with van der Waals surface area (Å²) in [7, 11) is 2.48. The minimum Gasteiger partial charge on any atom is -0.287 e. The van der Waals surface area contributed by atoms with E-state index in [-0.39, 0.29) is 29.7 Å². The lowest BCUT2D eigenvalue weighted by Gasteiger charge is -0.873. The largest absolute Gasteiger partial charge is 0.287 e. The molecule has 1 N–H and O–H groups in total. The maximum atomic E-state index is 5.75. The Kier molecular flexibility index (Phi) is 51400. The molecule has 1 nitrogen and oxygen atoms in total. The molecule has 0 unspecified atom stereocenters. The van der Waals surface area contributed by atoms with Crippen molar-refractivity contribution in [2.24, 2.45) is 0 Å². The molecular formula is C4H18NP. The molecule has 6 heavy (non-hydrogen) atoms. The number of hydrogen-bond donors (Lipinski definition) is 1. The van der Waals surface area contributed by atoms with E-state index in [0.717, 1.165) is 0 Å². The van der Waals surface area contributed by atoms with Gasteiger partial charge in [-0.15, -0.1) is 0 Å². The summed E-state index contributed by atoms with van der Waals surface area (Å²) in [5.41, 5.74) is 0. The van der Waals surface area contributed by atoms with Crippen LogP contribution in [-0.4, -0.2) is 0 Å². The van der Waals surface area contributed by atoms with Gasteiger partial charge in [-0.05, 0) is 9.03 Å². The van der Waals surface area contributed by atoms with Crippen molar-refractivity contribution in [1.82, 2.24) is 0 Å². The van der Waals surface area contributed by atoms with E-state index in [1.54, 1.807) is 0 Å². The molecule has 0 aliphatic rings. The SMILES string of the molecule is C.C.C.C.[3H]N=P. The summed E-state index contributed by atoms with van der Waals surface area (Å²) in [5.74, 6) is 0. The Morgan fingerprint density at radius 1 is 1.17 bits per heavy atom. The van der Waals surface area contributed by atoms with Crippen LogP contribution in [0.25, 0.3) is 0 Å². The van der Waals surface area contributed by atoms with Crippen molar-refractivity contribution in [1.29, 1.82) is 5.15 Å². The molecule has 0 radical (unpaired) electrons. The van der Waals surface area contributed by atoms with Gasteiger partial charge >= 0.3 is 0 Å². The van der Waals surface area contributed by atoms with Crippen LogP contribution < -0.4 is 0 Å². The molecule has 0 aromatic carbocycles. The molecule has 0 saturated carbocycles. The fourth-order valence-electron chi connectivity index (χ4n) is 0. The van der Waals surface area contributed by atoms with Gasteiger partial charge < -0.3 is 0 Å². The van der Waals surface area contributed by atoms with Gasteiger partial charge in [0.2, 0.25) is 0 Å². The van der Waals surface area contributed by atoms with Crippen LogP contribution >= 0.6 is 9.03 Å². The monoisotopic (exact) mass is 113 g/mol. The molecule has 0 aromatic heterocycles. The van der Waals surface area contributed by atoms with Crippen molar-refractivity contribution >= 4 is 9.03 Å². The first-order valence-corrected chi connectivity index (χ1v) is 0.671. The molecule has 0 heterocycles. The van der Waals surface area contributed by atoms with E-state index in [1.807, 2.05) is 0 Å². The standard InChI is InChI=1S/4CH4.H2NP/c;;;;1-2/h4*1H4;1-2H/i/hT. The van der Waals surface area contributed by atoms with E-state index in [4.69, 9.17) is 1.41 Å². The van der Waals surface area contributed by atoms with Crippen LogP contribution in [0.4, 0.5) is 0 Å². The normalized spacial score (nSPS) is 2.33. The Balaban J connectivity index is -0.00000000333. The van der Waals surface area contributed by atoms with E-state index in [1.165, 1.54) is 0 Å². The zero-order valence-corrected chi connectivity index (χ0v) is 1.95. The highest BCUT2D eigenvalue weighted by Crippen LogP contribution is 1.28. The van der Waals surface area contributed by atoms with Gasteiger partial charge in [0.25, 0.3) is 0 Å². The molecule has 2 heteroatoms. The smallest absolute Gasteiger partial charge is 0.192 e. The molecule has 0 rings (SSSR count). The molecule has 0 aromatic rings. The lowest BCUT2D eigenvalue weighted by Crippen LogP contribution is -0.334. The van der Waals surface area contributed by atoms with Crippen molar-refractivity contribution in [3.63, 3.8) is 0 Å². The van der Waals surface area contributed by atoms with Gasteiger partial charge in [-0.3, -0.25) is 5.15 Å². The fourth-order valence-corrected chi connectivity index (χ4v) is 0. The van der Waals surface area contributed by atoms with Crippen LogP contribution in [0.1, 0.15) is 29.7 Å². The molecule has 0 aliphatic carbocycles. The van der Waals surface area contributed by atoms with E-state index < -0.39 is 0 Å². The molecule has 0 bridgehead atoms. The van der Waals surface area contributed by atoms with Crippen molar-refractivity contribution in [2.75, 3.05) is 0 Å². The van der Waals surface area contributed by atoms with Crippen LogP contribution in [0.5, 0.6) is 0 Å². The molecule has 0 saturated heterocycles. The minimum atomic E-state index is 0. The molecule has 0 fully saturated rings. The van der Waals surface area contributed by atoms with E-state index in [9.17, 15) is 0 Å². The Bertz CT molecular complexity index is 19.2. The van der Waals surface area contributed by atoms with E-state index in [0.29, 0.717) is 0 Å². The zero-order chi connectivity index (χ0) is 2.71. The van der Waals surface area contributed by atoms with E-state index in [2.05, 4.69) is 14.2 Å². The van der Waals surface area contributed by atoms with Crippen LogP contribution in [-0.2, 0) is 0 Å². The Morgan fingerprint density at radius 2 is 1.17 bits per heavy atom. The summed E-state index contributed by atoms with van der Waals surface area (Å²) < 4.78 is 5.75. The van der Waals surface area contributed by atoms with Crippen molar-refractivity contribution < 1.29 is 1.41 Å². The Morgan fingerprint density at radius 3 is 1.17 bits per heavy atom. The fraction of sp³-hybridized carbons (Fsp3) is 1.00. The second-order valence-electron chi connectivity index (χ2n) is 0. The van der Waals surface area contributed by atoms with Gasteiger partial charge in [0, 0.05) is 0 Å².